The number of nitrogens with zero attached hydrogens (tertiary/aromatic N) is 2. The minimum absolute atomic E-state index is 0.593. The van der Waals surface area contributed by atoms with Gasteiger partial charge in [-0.05, 0) is 6.92 Å². The number of hydrogen-bond acceptors (Lipinski definition) is 3. The minimum Gasteiger partial charge on any atom is -0.244 e. The van der Waals surface area contributed by atoms with Crippen LogP contribution in [0.4, 0.5) is 0 Å². The Labute approximate surface area is 68.1 Å². The number of thiazole rings is 1. The summed E-state index contributed by atoms with van der Waals surface area (Å²) in [6.07, 6.45) is 0. The molecule has 1 heterocycles. The van der Waals surface area contributed by atoms with Crippen LogP contribution in [-0.2, 0) is 0 Å². The fourth-order valence-corrected chi connectivity index (χ4v) is 1.39. The molecule has 1 aromatic heterocycles. The summed E-state index contributed by atoms with van der Waals surface area (Å²) in [5.41, 5.74) is 0.659. The summed E-state index contributed by atoms with van der Waals surface area (Å²) in [5.74, 6) is 0. The van der Waals surface area contributed by atoms with E-state index in [2.05, 4.69) is 4.98 Å². The average molecular weight is 173 g/mol. The van der Waals surface area contributed by atoms with Gasteiger partial charge in [0.25, 0.3) is 0 Å². The van der Waals surface area contributed by atoms with E-state index in [0.29, 0.717) is 5.69 Å². The highest BCUT2D eigenvalue weighted by Gasteiger charge is 2.08. The van der Waals surface area contributed by atoms with E-state index in [4.69, 9.17) is 16.9 Å². The monoisotopic (exact) mass is 172 g/mol. The minimum atomic E-state index is -0.593. The zero-order chi connectivity index (χ0) is 7.56. The Morgan fingerprint density at radius 1 is 1.90 bits per heavy atom. The topological polar surface area (TPSA) is 36.7 Å². The molecule has 1 rings (SSSR count). The molecule has 10 heavy (non-hydrogen) atoms. The van der Waals surface area contributed by atoms with Gasteiger partial charge in [-0.15, -0.1) is 11.3 Å². The van der Waals surface area contributed by atoms with Crippen LogP contribution in [0, 0.1) is 18.3 Å². The predicted octanol–water partition coefficient (Wildman–Crippen LogP) is 2.26. The summed E-state index contributed by atoms with van der Waals surface area (Å²) in [4.78, 5) is 4.05. The van der Waals surface area contributed by atoms with Crippen molar-refractivity contribution in [1.29, 1.82) is 5.26 Å². The van der Waals surface area contributed by atoms with Crippen LogP contribution >= 0.6 is 22.9 Å². The second-order valence-electron chi connectivity index (χ2n) is 1.78. The quantitative estimate of drug-likeness (QED) is 0.610. The van der Waals surface area contributed by atoms with E-state index in [1.54, 1.807) is 5.38 Å². The molecule has 0 unspecified atom stereocenters. The molecule has 2 nitrogen and oxygen atoms in total. The van der Waals surface area contributed by atoms with E-state index in [0.717, 1.165) is 5.01 Å². The molecule has 0 radical (unpaired) electrons. The molecule has 0 aromatic carbocycles. The molecular formula is C6H5ClN2S. The molecule has 1 atom stereocenters. The van der Waals surface area contributed by atoms with Crippen molar-refractivity contribution in [2.24, 2.45) is 0 Å². The van der Waals surface area contributed by atoms with Crippen molar-refractivity contribution in [3.8, 4) is 6.07 Å². The number of aromatic nitrogens is 1. The van der Waals surface area contributed by atoms with Crippen molar-refractivity contribution in [2.45, 2.75) is 12.3 Å². The molecular weight excluding hydrogens is 168 g/mol. The molecule has 0 saturated carbocycles. The van der Waals surface area contributed by atoms with E-state index in [1.165, 1.54) is 11.3 Å². The van der Waals surface area contributed by atoms with Crippen LogP contribution in [0.3, 0.4) is 0 Å². The number of nitriles is 1. The first-order chi connectivity index (χ1) is 4.74. The van der Waals surface area contributed by atoms with Crippen LogP contribution in [0.2, 0.25) is 0 Å². The highest BCUT2D eigenvalue weighted by Crippen LogP contribution is 2.20. The number of halogens is 1. The van der Waals surface area contributed by atoms with Crippen LogP contribution in [0.25, 0.3) is 0 Å². The van der Waals surface area contributed by atoms with Crippen molar-refractivity contribution in [3.63, 3.8) is 0 Å². The molecule has 0 N–H and O–H groups in total. The molecule has 0 aliphatic rings. The molecule has 1 aromatic rings. The van der Waals surface area contributed by atoms with Gasteiger partial charge in [0, 0.05) is 5.38 Å². The third-order valence-corrected chi connectivity index (χ3v) is 2.12. The normalized spacial score (nSPS) is 12.5. The molecule has 0 aliphatic heterocycles. The van der Waals surface area contributed by atoms with Crippen LogP contribution in [0.5, 0.6) is 0 Å². The van der Waals surface area contributed by atoms with Crippen molar-refractivity contribution < 1.29 is 0 Å². The van der Waals surface area contributed by atoms with E-state index in [1.807, 2.05) is 13.0 Å². The van der Waals surface area contributed by atoms with Crippen molar-refractivity contribution in [1.82, 2.24) is 4.98 Å². The predicted molar refractivity (Wildman–Crippen MR) is 41.1 cm³/mol. The van der Waals surface area contributed by atoms with Crippen LogP contribution < -0.4 is 0 Å². The lowest BCUT2D eigenvalue weighted by molar-refractivity contribution is 1.09. The van der Waals surface area contributed by atoms with Gasteiger partial charge in [-0.1, -0.05) is 11.6 Å². The average Bonchev–Trinajstić information content (AvgIpc) is 2.34. The van der Waals surface area contributed by atoms with Gasteiger partial charge >= 0.3 is 0 Å². The Bertz CT molecular complexity index is 263. The third kappa shape index (κ3) is 1.47. The van der Waals surface area contributed by atoms with Gasteiger partial charge in [-0.25, -0.2) is 4.98 Å². The van der Waals surface area contributed by atoms with Gasteiger partial charge in [-0.2, -0.15) is 5.26 Å². The highest BCUT2D eigenvalue weighted by molar-refractivity contribution is 7.09. The summed E-state index contributed by atoms with van der Waals surface area (Å²) in [6, 6.07) is 1.90. The number of aryl methyl sites for hydroxylation is 1. The van der Waals surface area contributed by atoms with Gasteiger partial charge in [0.1, 0.15) is 0 Å². The molecule has 0 saturated heterocycles. The molecule has 0 fully saturated rings. The largest absolute Gasteiger partial charge is 0.244 e. The highest BCUT2D eigenvalue weighted by atomic mass is 35.5. The second-order valence-corrected chi connectivity index (χ2v) is 3.28. The summed E-state index contributed by atoms with van der Waals surface area (Å²) < 4.78 is 0. The zero-order valence-corrected chi connectivity index (χ0v) is 6.91. The Morgan fingerprint density at radius 2 is 2.60 bits per heavy atom. The van der Waals surface area contributed by atoms with Crippen LogP contribution in [0.1, 0.15) is 16.1 Å². The smallest absolute Gasteiger partial charge is 0.163 e. The maximum Gasteiger partial charge on any atom is 0.163 e. The fourth-order valence-electron chi connectivity index (χ4n) is 0.563. The Hall–Kier alpha value is -0.590. The first-order valence-electron chi connectivity index (χ1n) is 2.69. The second kappa shape index (κ2) is 3.00. The zero-order valence-electron chi connectivity index (χ0n) is 5.34. The molecule has 0 spiro atoms. The van der Waals surface area contributed by atoms with Gasteiger partial charge in [0.05, 0.1) is 16.8 Å². The number of alkyl halides is 1. The molecule has 0 aliphatic carbocycles. The lowest BCUT2D eigenvalue weighted by Gasteiger charge is -1.89. The Balaban J connectivity index is 2.87. The molecule has 0 amide bonds. The lowest BCUT2D eigenvalue weighted by atomic mass is 10.4. The van der Waals surface area contributed by atoms with Crippen LogP contribution in [-0.4, -0.2) is 4.98 Å². The van der Waals surface area contributed by atoms with Gasteiger partial charge in [0.15, 0.2) is 5.38 Å². The first kappa shape index (κ1) is 7.52. The standard InChI is InChI=1S/C6H5ClN2S/c1-4-9-6(3-10-4)5(7)2-8/h3,5H,1H3/t5-/m1/s1. The van der Waals surface area contributed by atoms with Gasteiger partial charge in [0.2, 0.25) is 0 Å². The third-order valence-electron chi connectivity index (χ3n) is 1.01. The molecule has 4 heteroatoms. The van der Waals surface area contributed by atoms with Crippen molar-refractivity contribution >= 4 is 22.9 Å². The summed E-state index contributed by atoms with van der Waals surface area (Å²) >= 11 is 7.09. The fraction of sp³-hybridized carbons (Fsp3) is 0.333. The van der Waals surface area contributed by atoms with Crippen molar-refractivity contribution in [3.05, 3.63) is 16.1 Å². The molecule has 52 valence electrons. The van der Waals surface area contributed by atoms with Crippen molar-refractivity contribution in [2.75, 3.05) is 0 Å². The number of hydrogen-bond donors (Lipinski definition) is 0. The van der Waals surface area contributed by atoms with E-state index >= 15 is 0 Å². The summed E-state index contributed by atoms with van der Waals surface area (Å²) in [5, 5.41) is 10.5. The van der Waals surface area contributed by atoms with E-state index in [-0.39, 0.29) is 0 Å². The Morgan fingerprint density at radius 3 is 3.00 bits per heavy atom. The maximum absolute atomic E-state index is 8.38. The van der Waals surface area contributed by atoms with E-state index < -0.39 is 5.38 Å². The summed E-state index contributed by atoms with van der Waals surface area (Å²) in [6.45, 7) is 1.88. The summed E-state index contributed by atoms with van der Waals surface area (Å²) in [7, 11) is 0. The molecule has 0 bridgehead atoms. The SMILES string of the molecule is Cc1nc([C@H](Cl)C#N)cs1. The lowest BCUT2D eigenvalue weighted by Crippen LogP contribution is -1.85. The van der Waals surface area contributed by atoms with Gasteiger partial charge in [-0.3, -0.25) is 0 Å². The maximum atomic E-state index is 8.38. The first-order valence-corrected chi connectivity index (χ1v) is 4.01. The van der Waals surface area contributed by atoms with E-state index in [9.17, 15) is 0 Å². The van der Waals surface area contributed by atoms with Crippen LogP contribution in [0.15, 0.2) is 5.38 Å². The Kier molecular flexibility index (Phi) is 2.25. The van der Waals surface area contributed by atoms with Gasteiger partial charge < -0.3 is 0 Å². The number of rotatable bonds is 1.